The second kappa shape index (κ2) is 7.38. The Morgan fingerprint density at radius 1 is 1.14 bits per heavy atom. The summed E-state index contributed by atoms with van der Waals surface area (Å²) in [5.41, 5.74) is 4.07. The summed E-state index contributed by atoms with van der Waals surface area (Å²) in [5.74, 6) is -0.541. The number of rotatable bonds is 4. The van der Waals surface area contributed by atoms with Crippen LogP contribution in [0.4, 0.5) is 5.69 Å². The minimum atomic E-state index is -0.290. The van der Waals surface area contributed by atoms with Crippen molar-refractivity contribution in [2.45, 2.75) is 6.92 Å². The monoisotopic (exact) mass is 315 g/mol. The molecule has 0 aliphatic rings. The zero-order valence-corrected chi connectivity index (χ0v) is 12.6. The third-order valence-electron chi connectivity index (χ3n) is 2.70. The van der Waals surface area contributed by atoms with Crippen molar-refractivity contribution in [3.05, 3.63) is 64.7 Å². The SMILES string of the molecule is CC(=O)N/N=C\c1cccc(NC(=O)c2ccccc2Cl)c1. The third-order valence-corrected chi connectivity index (χ3v) is 3.03. The van der Waals surface area contributed by atoms with Gasteiger partial charge in [-0.3, -0.25) is 9.59 Å². The summed E-state index contributed by atoms with van der Waals surface area (Å²) < 4.78 is 0. The number of anilines is 1. The highest BCUT2D eigenvalue weighted by Gasteiger charge is 2.09. The Kier molecular flexibility index (Phi) is 5.27. The fourth-order valence-corrected chi connectivity index (χ4v) is 1.96. The van der Waals surface area contributed by atoms with Crippen molar-refractivity contribution in [3.8, 4) is 0 Å². The number of hydrogen-bond acceptors (Lipinski definition) is 3. The van der Waals surface area contributed by atoms with Crippen molar-refractivity contribution >= 4 is 35.3 Å². The van der Waals surface area contributed by atoms with Crippen LogP contribution in [0.25, 0.3) is 0 Å². The van der Waals surface area contributed by atoms with Gasteiger partial charge in [0.15, 0.2) is 0 Å². The molecular weight excluding hydrogens is 302 g/mol. The summed E-state index contributed by atoms with van der Waals surface area (Å²) >= 11 is 5.99. The van der Waals surface area contributed by atoms with Gasteiger partial charge in [0.1, 0.15) is 0 Å². The molecule has 0 aliphatic heterocycles. The molecule has 2 amide bonds. The lowest BCUT2D eigenvalue weighted by atomic mass is 10.2. The molecule has 0 saturated carbocycles. The molecule has 0 spiro atoms. The van der Waals surface area contributed by atoms with Gasteiger partial charge < -0.3 is 5.32 Å². The molecule has 2 aromatic rings. The van der Waals surface area contributed by atoms with Gasteiger partial charge in [0, 0.05) is 12.6 Å². The smallest absolute Gasteiger partial charge is 0.257 e. The standard InChI is InChI=1S/C16H14ClN3O2/c1-11(21)20-18-10-12-5-4-6-13(9-12)19-16(22)14-7-2-3-8-15(14)17/h2-10H,1H3,(H,19,22)(H,20,21)/b18-10-. The fourth-order valence-electron chi connectivity index (χ4n) is 1.74. The summed E-state index contributed by atoms with van der Waals surface area (Å²) in [6, 6.07) is 13.9. The Balaban J connectivity index is 2.10. The Labute approximate surface area is 133 Å². The number of benzene rings is 2. The number of carbonyl (C=O) groups excluding carboxylic acids is 2. The number of carbonyl (C=O) groups is 2. The molecule has 0 bridgehead atoms. The van der Waals surface area contributed by atoms with Crippen molar-refractivity contribution < 1.29 is 9.59 Å². The van der Waals surface area contributed by atoms with Gasteiger partial charge in [-0.1, -0.05) is 35.9 Å². The Morgan fingerprint density at radius 3 is 2.64 bits per heavy atom. The van der Waals surface area contributed by atoms with Gasteiger partial charge >= 0.3 is 0 Å². The molecule has 0 fully saturated rings. The molecule has 0 aliphatic carbocycles. The van der Waals surface area contributed by atoms with Crippen LogP contribution < -0.4 is 10.7 Å². The summed E-state index contributed by atoms with van der Waals surface area (Å²) in [5, 5.41) is 6.93. The molecule has 0 radical (unpaired) electrons. The molecule has 0 unspecified atom stereocenters. The van der Waals surface area contributed by atoms with Crippen molar-refractivity contribution in [2.75, 3.05) is 5.32 Å². The number of amides is 2. The average Bonchev–Trinajstić information content (AvgIpc) is 2.47. The molecule has 0 heterocycles. The molecule has 2 rings (SSSR count). The molecule has 22 heavy (non-hydrogen) atoms. The van der Waals surface area contributed by atoms with Gasteiger partial charge in [-0.2, -0.15) is 5.10 Å². The summed E-state index contributed by atoms with van der Waals surface area (Å²) in [6.07, 6.45) is 1.49. The number of halogens is 1. The number of hydrazone groups is 1. The van der Waals surface area contributed by atoms with E-state index >= 15 is 0 Å². The number of nitrogens with zero attached hydrogens (tertiary/aromatic N) is 1. The third kappa shape index (κ3) is 4.43. The van der Waals surface area contributed by atoms with Gasteiger partial charge in [-0.05, 0) is 29.8 Å². The van der Waals surface area contributed by atoms with Gasteiger partial charge in [0.05, 0.1) is 16.8 Å². The summed E-state index contributed by atoms with van der Waals surface area (Å²) in [6.45, 7) is 1.37. The van der Waals surface area contributed by atoms with E-state index in [1.807, 2.05) is 0 Å². The van der Waals surface area contributed by atoms with Gasteiger partial charge in [-0.15, -0.1) is 0 Å². The largest absolute Gasteiger partial charge is 0.322 e. The summed E-state index contributed by atoms with van der Waals surface area (Å²) in [7, 11) is 0. The Hall–Kier alpha value is -2.66. The first-order chi connectivity index (χ1) is 10.6. The molecule has 5 nitrogen and oxygen atoms in total. The van der Waals surface area contributed by atoms with Crippen LogP contribution in [-0.4, -0.2) is 18.0 Å². The lowest BCUT2D eigenvalue weighted by molar-refractivity contribution is -0.118. The van der Waals surface area contributed by atoms with E-state index in [0.717, 1.165) is 5.56 Å². The predicted molar refractivity (Wildman–Crippen MR) is 87.3 cm³/mol. The number of nitrogens with one attached hydrogen (secondary N) is 2. The maximum Gasteiger partial charge on any atom is 0.257 e. The summed E-state index contributed by atoms with van der Waals surface area (Å²) in [4.78, 5) is 22.9. The lowest BCUT2D eigenvalue weighted by Gasteiger charge is -2.07. The molecular formula is C16H14ClN3O2. The van der Waals surface area contributed by atoms with Crippen LogP contribution in [0.15, 0.2) is 53.6 Å². The van der Waals surface area contributed by atoms with Crippen LogP contribution in [0.5, 0.6) is 0 Å². The highest BCUT2D eigenvalue weighted by Crippen LogP contribution is 2.17. The maximum absolute atomic E-state index is 12.2. The van der Waals surface area contributed by atoms with Crippen LogP contribution in [0, 0.1) is 0 Å². The minimum Gasteiger partial charge on any atom is -0.322 e. The van der Waals surface area contributed by atoms with Crippen LogP contribution in [0.3, 0.4) is 0 Å². The Bertz CT molecular complexity index is 729. The number of hydrogen-bond donors (Lipinski definition) is 2. The lowest BCUT2D eigenvalue weighted by Crippen LogP contribution is -2.13. The minimum absolute atomic E-state index is 0.251. The highest BCUT2D eigenvalue weighted by atomic mass is 35.5. The van der Waals surface area contributed by atoms with E-state index in [0.29, 0.717) is 16.3 Å². The quantitative estimate of drug-likeness (QED) is 0.672. The van der Waals surface area contributed by atoms with E-state index in [-0.39, 0.29) is 11.8 Å². The molecule has 2 aromatic carbocycles. The second-order valence-electron chi connectivity index (χ2n) is 4.49. The Morgan fingerprint density at radius 2 is 1.91 bits per heavy atom. The second-order valence-corrected chi connectivity index (χ2v) is 4.89. The first-order valence-corrected chi connectivity index (χ1v) is 6.89. The van der Waals surface area contributed by atoms with Gasteiger partial charge in [0.25, 0.3) is 5.91 Å². The van der Waals surface area contributed by atoms with Crippen molar-refractivity contribution in [2.24, 2.45) is 5.10 Å². The van der Waals surface area contributed by atoms with Crippen molar-refractivity contribution in [1.82, 2.24) is 5.43 Å². The van der Waals surface area contributed by atoms with E-state index in [4.69, 9.17) is 11.6 Å². The van der Waals surface area contributed by atoms with E-state index in [1.165, 1.54) is 13.1 Å². The van der Waals surface area contributed by atoms with E-state index < -0.39 is 0 Å². The first kappa shape index (κ1) is 15.7. The molecule has 0 aromatic heterocycles. The molecule has 112 valence electrons. The van der Waals surface area contributed by atoms with Crippen LogP contribution in [0.2, 0.25) is 5.02 Å². The van der Waals surface area contributed by atoms with E-state index in [1.54, 1.807) is 48.5 Å². The molecule has 2 N–H and O–H groups in total. The van der Waals surface area contributed by atoms with Crippen molar-refractivity contribution in [3.63, 3.8) is 0 Å². The van der Waals surface area contributed by atoms with Crippen LogP contribution in [-0.2, 0) is 4.79 Å². The van der Waals surface area contributed by atoms with Crippen molar-refractivity contribution in [1.29, 1.82) is 0 Å². The zero-order valence-electron chi connectivity index (χ0n) is 11.8. The molecule has 6 heteroatoms. The zero-order chi connectivity index (χ0) is 15.9. The van der Waals surface area contributed by atoms with E-state index in [9.17, 15) is 9.59 Å². The van der Waals surface area contributed by atoms with Gasteiger partial charge in [0.2, 0.25) is 5.91 Å². The normalized spacial score (nSPS) is 10.5. The average molecular weight is 316 g/mol. The van der Waals surface area contributed by atoms with Crippen LogP contribution in [0.1, 0.15) is 22.8 Å². The first-order valence-electron chi connectivity index (χ1n) is 6.52. The van der Waals surface area contributed by atoms with Gasteiger partial charge in [-0.25, -0.2) is 5.43 Å². The fraction of sp³-hybridized carbons (Fsp3) is 0.0625. The highest BCUT2D eigenvalue weighted by molar-refractivity contribution is 6.34. The van der Waals surface area contributed by atoms with Crippen LogP contribution >= 0.6 is 11.6 Å². The maximum atomic E-state index is 12.2. The predicted octanol–water partition coefficient (Wildman–Crippen LogP) is 3.06. The molecule has 0 saturated heterocycles. The molecule has 0 atom stereocenters. The van der Waals surface area contributed by atoms with E-state index in [2.05, 4.69) is 15.8 Å². The topological polar surface area (TPSA) is 70.6 Å².